The minimum atomic E-state index is -0.142. The lowest BCUT2D eigenvalue weighted by molar-refractivity contribution is -0.143. The van der Waals surface area contributed by atoms with E-state index < -0.39 is 0 Å². The van der Waals surface area contributed by atoms with Gasteiger partial charge in [0.1, 0.15) is 0 Å². The van der Waals surface area contributed by atoms with Gasteiger partial charge < -0.3 is 4.42 Å². The number of rotatable bonds is 5. The molecule has 4 bridgehead atoms. The van der Waals surface area contributed by atoms with Gasteiger partial charge in [0, 0.05) is 23.4 Å². The normalized spacial score (nSPS) is 33.3. The van der Waals surface area contributed by atoms with Crippen LogP contribution in [0.4, 0.5) is 0 Å². The van der Waals surface area contributed by atoms with E-state index in [2.05, 4.69) is 15.2 Å². The number of carbonyl (C=O) groups excluding carboxylic acids is 1. The number of hydrogen-bond acceptors (Lipinski definition) is 6. The van der Waals surface area contributed by atoms with E-state index in [1.165, 1.54) is 31.0 Å². The van der Waals surface area contributed by atoms with E-state index in [1.807, 2.05) is 19.1 Å². The smallest absolute Gasteiger partial charge is 0.277 e. The lowest BCUT2D eigenvalue weighted by Gasteiger charge is -2.56. The van der Waals surface area contributed by atoms with E-state index in [0.717, 1.165) is 42.6 Å². The zero-order valence-electron chi connectivity index (χ0n) is 14.9. The third-order valence-corrected chi connectivity index (χ3v) is 7.48. The van der Waals surface area contributed by atoms with Gasteiger partial charge in [-0.1, -0.05) is 11.8 Å². The molecule has 0 aromatic carbocycles. The fourth-order valence-corrected chi connectivity index (χ4v) is 6.79. The Balaban J connectivity index is 1.31. The van der Waals surface area contributed by atoms with E-state index >= 15 is 0 Å². The number of hydrogen-bond donors (Lipinski definition) is 0. The minimum Gasteiger partial charge on any atom is -0.411 e. The minimum absolute atomic E-state index is 0.0743. The van der Waals surface area contributed by atoms with Crippen molar-refractivity contribution in [1.29, 1.82) is 0 Å². The molecule has 6 heteroatoms. The molecule has 5 nitrogen and oxygen atoms in total. The van der Waals surface area contributed by atoms with Crippen molar-refractivity contribution >= 4 is 17.5 Å². The molecule has 0 N–H and O–H groups in total. The Hall–Kier alpha value is -1.69. The number of aromatic nitrogens is 3. The van der Waals surface area contributed by atoms with Crippen LogP contribution in [0.5, 0.6) is 0 Å². The topological polar surface area (TPSA) is 68.9 Å². The van der Waals surface area contributed by atoms with E-state index in [4.69, 9.17) is 4.42 Å². The number of ketones is 1. The molecule has 26 heavy (non-hydrogen) atoms. The molecule has 2 aromatic heterocycles. The first kappa shape index (κ1) is 16.5. The van der Waals surface area contributed by atoms with Gasteiger partial charge in [0.2, 0.25) is 5.89 Å². The number of nitrogens with zero attached hydrogens (tertiary/aromatic N) is 3. The summed E-state index contributed by atoms with van der Waals surface area (Å²) in [7, 11) is 0. The monoisotopic (exact) mass is 369 g/mol. The SMILES string of the molecule is C[C@@H](Sc1nnc(-c2ccncc2)o1)C(=O)C12CC3CC(CC(C3)C1)C2. The Bertz CT molecular complexity index is 784. The standard InChI is InChI=1S/C20H23N3O2S/c1-12(26-19-23-22-18(25-19)16-2-4-21-5-3-16)17(24)20-9-13-6-14(10-20)8-15(7-13)11-20/h2-5,12-15H,6-11H2,1H3/t12-,13?,14?,15?,20?/m1/s1. The fourth-order valence-electron chi connectivity index (χ4n) is 5.92. The molecule has 4 saturated carbocycles. The van der Waals surface area contributed by atoms with Crippen LogP contribution in [-0.2, 0) is 4.79 Å². The van der Waals surface area contributed by atoms with Crippen molar-refractivity contribution in [3.63, 3.8) is 0 Å². The predicted octanol–water partition coefficient (Wildman–Crippen LogP) is 4.40. The van der Waals surface area contributed by atoms with Gasteiger partial charge in [-0.2, -0.15) is 0 Å². The Morgan fingerprint density at radius 3 is 2.35 bits per heavy atom. The van der Waals surface area contributed by atoms with Crippen molar-refractivity contribution in [3.05, 3.63) is 24.5 Å². The summed E-state index contributed by atoms with van der Waals surface area (Å²) in [5, 5.41) is 8.58. The quantitative estimate of drug-likeness (QED) is 0.728. The van der Waals surface area contributed by atoms with E-state index in [0.29, 0.717) is 16.9 Å². The number of pyridine rings is 1. The predicted molar refractivity (Wildman–Crippen MR) is 98.5 cm³/mol. The second-order valence-electron chi connectivity index (χ2n) is 8.43. The molecule has 0 spiro atoms. The lowest BCUT2D eigenvalue weighted by Crippen LogP contribution is -2.51. The zero-order chi connectivity index (χ0) is 17.7. The molecule has 136 valence electrons. The van der Waals surface area contributed by atoms with Gasteiger partial charge in [0.25, 0.3) is 5.22 Å². The summed E-state index contributed by atoms with van der Waals surface area (Å²) in [6.45, 7) is 2.00. The molecule has 4 fully saturated rings. The number of carbonyl (C=O) groups is 1. The van der Waals surface area contributed by atoms with E-state index in [9.17, 15) is 4.79 Å². The van der Waals surface area contributed by atoms with Crippen LogP contribution < -0.4 is 0 Å². The Kier molecular flexibility index (Phi) is 3.92. The van der Waals surface area contributed by atoms with Gasteiger partial charge in [-0.3, -0.25) is 9.78 Å². The number of Topliss-reactive ketones (excluding diaryl/α,β-unsaturated/α-hetero) is 1. The molecule has 0 saturated heterocycles. The molecular formula is C20H23N3O2S. The maximum atomic E-state index is 13.4. The first-order valence-electron chi connectivity index (χ1n) is 9.56. The molecule has 4 aliphatic carbocycles. The average molecular weight is 369 g/mol. The van der Waals surface area contributed by atoms with Crippen molar-refractivity contribution < 1.29 is 9.21 Å². The zero-order valence-corrected chi connectivity index (χ0v) is 15.7. The summed E-state index contributed by atoms with van der Waals surface area (Å²) < 4.78 is 5.77. The van der Waals surface area contributed by atoms with Crippen LogP contribution in [0, 0.1) is 23.2 Å². The first-order chi connectivity index (χ1) is 12.6. The van der Waals surface area contributed by atoms with Gasteiger partial charge in [0.05, 0.1) is 5.25 Å². The third kappa shape index (κ3) is 2.79. The van der Waals surface area contributed by atoms with Crippen LogP contribution in [0.1, 0.15) is 45.4 Å². The van der Waals surface area contributed by atoms with E-state index in [1.54, 1.807) is 12.4 Å². The van der Waals surface area contributed by atoms with Gasteiger partial charge in [-0.15, -0.1) is 10.2 Å². The van der Waals surface area contributed by atoms with Crippen molar-refractivity contribution in [2.75, 3.05) is 0 Å². The molecule has 0 unspecified atom stereocenters. The van der Waals surface area contributed by atoms with Crippen molar-refractivity contribution in [3.8, 4) is 11.5 Å². The summed E-state index contributed by atoms with van der Waals surface area (Å²) >= 11 is 1.41. The molecule has 2 heterocycles. The third-order valence-electron chi connectivity index (χ3n) is 6.54. The Labute approximate surface area is 157 Å². The molecule has 4 aliphatic rings. The summed E-state index contributed by atoms with van der Waals surface area (Å²) in [5.74, 6) is 3.23. The van der Waals surface area contributed by atoms with Crippen molar-refractivity contribution in [2.24, 2.45) is 23.2 Å². The van der Waals surface area contributed by atoms with Crippen LogP contribution in [0.25, 0.3) is 11.5 Å². The second kappa shape index (κ2) is 6.19. The van der Waals surface area contributed by atoms with Crippen LogP contribution >= 0.6 is 11.8 Å². The maximum absolute atomic E-state index is 13.4. The lowest BCUT2D eigenvalue weighted by atomic mass is 9.48. The Morgan fingerprint density at radius 1 is 1.12 bits per heavy atom. The van der Waals surface area contributed by atoms with Gasteiger partial charge >= 0.3 is 0 Å². The molecule has 1 atom stereocenters. The molecule has 0 amide bonds. The van der Waals surface area contributed by atoms with Gasteiger partial charge in [-0.05, 0) is 75.3 Å². The molecule has 0 aliphatic heterocycles. The highest BCUT2D eigenvalue weighted by Crippen LogP contribution is 2.61. The van der Waals surface area contributed by atoms with Crippen LogP contribution in [0.2, 0.25) is 0 Å². The summed E-state index contributed by atoms with van der Waals surface area (Å²) in [5.41, 5.74) is 0.772. The second-order valence-corrected chi connectivity index (χ2v) is 9.72. The van der Waals surface area contributed by atoms with Gasteiger partial charge in [0.15, 0.2) is 5.78 Å². The summed E-state index contributed by atoms with van der Waals surface area (Å²) in [6.07, 6.45) is 10.8. The number of thioether (sulfide) groups is 1. The molecule has 0 radical (unpaired) electrons. The Morgan fingerprint density at radius 2 is 1.73 bits per heavy atom. The van der Waals surface area contributed by atoms with E-state index in [-0.39, 0.29) is 10.7 Å². The molecule has 6 rings (SSSR count). The summed E-state index contributed by atoms with van der Waals surface area (Å²) in [6, 6.07) is 3.68. The highest BCUT2D eigenvalue weighted by Gasteiger charge is 2.55. The van der Waals surface area contributed by atoms with Crippen molar-refractivity contribution in [1.82, 2.24) is 15.2 Å². The van der Waals surface area contributed by atoms with Crippen LogP contribution in [0.3, 0.4) is 0 Å². The van der Waals surface area contributed by atoms with Gasteiger partial charge in [-0.25, -0.2) is 0 Å². The fraction of sp³-hybridized carbons (Fsp3) is 0.600. The average Bonchev–Trinajstić information content (AvgIpc) is 3.09. The molecular weight excluding hydrogens is 346 g/mol. The van der Waals surface area contributed by atoms with Crippen molar-refractivity contribution in [2.45, 2.75) is 55.9 Å². The van der Waals surface area contributed by atoms with Crippen LogP contribution in [-0.4, -0.2) is 26.2 Å². The highest BCUT2D eigenvalue weighted by atomic mass is 32.2. The maximum Gasteiger partial charge on any atom is 0.277 e. The summed E-state index contributed by atoms with van der Waals surface area (Å²) in [4.78, 5) is 17.4. The first-order valence-corrected chi connectivity index (χ1v) is 10.4. The largest absolute Gasteiger partial charge is 0.411 e. The molecule has 2 aromatic rings. The highest BCUT2D eigenvalue weighted by molar-refractivity contribution is 8.00. The van der Waals surface area contributed by atoms with Crippen LogP contribution in [0.15, 0.2) is 34.2 Å².